The molecule has 3 aromatic carbocycles. The van der Waals surface area contributed by atoms with Gasteiger partial charge in [-0.25, -0.2) is 0 Å². The molecule has 138 valence electrons. The van der Waals surface area contributed by atoms with Crippen LogP contribution in [0.2, 0.25) is 0 Å². The Kier molecular flexibility index (Phi) is 6.88. The van der Waals surface area contributed by atoms with E-state index in [1.165, 1.54) is 5.56 Å². The number of hydrogen-bond donors (Lipinski definition) is 1. The van der Waals surface area contributed by atoms with Crippen molar-refractivity contribution in [1.29, 1.82) is 0 Å². The van der Waals surface area contributed by atoms with E-state index in [4.69, 9.17) is 9.47 Å². The molecule has 3 rings (SSSR count). The average Bonchev–Trinajstić information content (AvgIpc) is 2.72. The Hall–Kier alpha value is -2.79. The number of ether oxygens (including phenoxy) is 2. The first-order chi connectivity index (χ1) is 13.2. The minimum absolute atomic E-state index is 0.482. The lowest BCUT2D eigenvalue weighted by molar-refractivity contribution is 0.284. The largest absolute Gasteiger partial charge is 0.493 e. The van der Waals surface area contributed by atoms with Crippen LogP contribution in [0.15, 0.2) is 82.4 Å². The zero-order valence-electron chi connectivity index (χ0n) is 15.1. The Labute approximate surface area is 168 Å². The first-order valence-electron chi connectivity index (χ1n) is 8.60. The van der Waals surface area contributed by atoms with Gasteiger partial charge in [0.2, 0.25) is 0 Å². The van der Waals surface area contributed by atoms with Gasteiger partial charge in [0.15, 0.2) is 11.5 Å². The van der Waals surface area contributed by atoms with E-state index < -0.39 is 0 Å². The lowest BCUT2D eigenvalue weighted by Gasteiger charge is -2.11. The highest BCUT2D eigenvalue weighted by molar-refractivity contribution is 9.10. The monoisotopic (exact) mass is 424 g/mol. The second kappa shape index (κ2) is 9.78. The van der Waals surface area contributed by atoms with Crippen molar-refractivity contribution in [3.8, 4) is 11.5 Å². The van der Waals surface area contributed by atoms with E-state index in [0.717, 1.165) is 15.6 Å². The third kappa shape index (κ3) is 5.86. The summed E-state index contributed by atoms with van der Waals surface area (Å²) in [6.45, 7) is 1.17. The van der Waals surface area contributed by atoms with Crippen LogP contribution in [0.3, 0.4) is 0 Å². The predicted molar refractivity (Wildman–Crippen MR) is 112 cm³/mol. The molecule has 1 N–H and O–H groups in total. The van der Waals surface area contributed by atoms with Gasteiger partial charge in [-0.2, -0.15) is 5.10 Å². The number of nitrogens with one attached hydrogen (secondary N) is 1. The molecule has 0 aliphatic heterocycles. The van der Waals surface area contributed by atoms with Gasteiger partial charge in [-0.1, -0.05) is 58.4 Å². The van der Waals surface area contributed by atoms with Gasteiger partial charge in [0, 0.05) is 4.47 Å². The quantitative estimate of drug-likeness (QED) is 0.401. The molecule has 0 saturated carbocycles. The van der Waals surface area contributed by atoms with E-state index in [1.54, 1.807) is 13.3 Å². The normalized spacial score (nSPS) is 10.7. The summed E-state index contributed by atoms with van der Waals surface area (Å²) in [6.07, 6.45) is 1.77. The number of nitrogens with zero attached hydrogens (tertiary/aromatic N) is 1. The van der Waals surface area contributed by atoms with E-state index in [-0.39, 0.29) is 0 Å². The molecule has 0 aliphatic rings. The Balaban J connectivity index is 1.58. The first kappa shape index (κ1) is 19.0. The summed E-state index contributed by atoms with van der Waals surface area (Å²) < 4.78 is 12.4. The molecule has 0 bridgehead atoms. The Morgan fingerprint density at radius 3 is 2.44 bits per heavy atom. The molecule has 27 heavy (non-hydrogen) atoms. The number of hydrazone groups is 1. The predicted octanol–water partition coefficient (Wildman–Crippen LogP) is 5.16. The second-order valence-electron chi connectivity index (χ2n) is 5.90. The van der Waals surface area contributed by atoms with E-state index in [1.807, 2.05) is 60.7 Å². The minimum atomic E-state index is 0.482. The maximum Gasteiger partial charge on any atom is 0.161 e. The summed E-state index contributed by atoms with van der Waals surface area (Å²) in [4.78, 5) is 0. The summed E-state index contributed by atoms with van der Waals surface area (Å²) in [5.41, 5.74) is 6.26. The molecule has 0 saturated heterocycles. The standard InChI is InChI=1S/C22H21BrN2O2/c1-26-22-13-19(15-25-24-14-17-5-3-2-4-6-17)9-12-21(22)27-16-18-7-10-20(23)11-8-18/h2-13,15,24H,14,16H2,1H3. The van der Waals surface area contributed by atoms with Crippen LogP contribution in [0.1, 0.15) is 16.7 Å². The summed E-state index contributed by atoms with van der Waals surface area (Å²) in [5.74, 6) is 1.38. The van der Waals surface area contributed by atoms with Crippen molar-refractivity contribution in [2.45, 2.75) is 13.2 Å². The molecule has 0 aromatic heterocycles. The number of hydrogen-bond acceptors (Lipinski definition) is 4. The number of halogens is 1. The van der Waals surface area contributed by atoms with Crippen LogP contribution in [0, 0.1) is 0 Å². The maximum absolute atomic E-state index is 5.89. The second-order valence-corrected chi connectivity index (χ2v) is 6.82. The molecule has 5 heteroatoms. The average molecular weight is 425 g/mol. The summed E-state index contributed by atoms with van der Waals surface area (Å²) in [7, 11) is 1.64. The molecule has 4 nitrogen and oxygen atoms in total. The van der Waals surface area contributed by atoms with Crippen molar-refractivity contribution in [1.82, 2.24) is 5.43 Å². The highest BCUT2D eigenvalue weighted by Gasteiger charge is 2.05. The molecular formula is C22H21BrN2O2. The molecule has 0 radical (unpaired) electrons. The van der Waals surface area contributed by atoms with Gasteiger partial charge >= 0.3 is 0 Å². The van der Waals surface area contributed by atoms with Crippen LogP contribution >= 0.6 is 15.9 Å². The zero-order valence-corrected chi connectivity index (χ0v) is 16.6. The van der Waals surface area contributed by atoms with Gasteiger partial charge < -0.3 is 14.9 Å². The lowest BCUT2D eigenvalue weighted by Crippen LogP contribution is -2.05. The van der Waals surface area contributed by atoms with Gasteiger partial charge in [0.1, 0.15) is 6.61 Å². The molecule has 0 amide bonds. The topological polar surface area (TPSA) is 42.8 Å². The highest BCUT2D eigenvalue weighted by Crippen LogP contribution is 2.28. The zero-order chi connectivity index (χ0) is 18.9. The summed E-state index contributed by atoms with van der Waals surface area (Å²) >= 11 is 3.43. The van der Waals surface area contributed by atoms with Crippen molar-refractivity contribution in [2.24, 2.45) is 5.10 Å². The van der Waals surface area contributed by atoms with E-state index in [0.29, 0.717) is 24.7 Å². The van der Waals surface area contributed by atoms with Crippen LogP contribution in [0.25, 0.3) is 0 Å². The minimum Gasteiger partial charge on any atom is -0.493 e. The van der Waals surface area contributed by atoms with Crippen LogP contribution in [0.4, 0.5) is 0 Å². The summed E-state index contributed by atoms with van der Waals surface area (Å²) in [5, 5.41) is 4.27. The number of benzene rings is 3. The van der Waals surface area contributed by atoms with Crippen LogP contribution in [0.5, 0.6) is 11.5 Å². The van der Waals surface area contributed by atoms with Gasteiger partial charge in [-0.05, 0) is 47.0 Å². The van der Waals surface area contributed by atoms with Crippen molar-refractivity contribution in [2.75, 3.05) is 7.11 Å². The fourth-order valence-corrected chi connectivity index (χ4v) is 2.74. The molecule has 0 heterocycles. The molecule has 3 aromatic rings. The molecule has 0 atom stereocenters. The molecular weight excluding hydrogens is 404 g/mol. The first-order valence-corrected chi connectivity index (χ1v) is 9.39. The fourth-order valence-electron chi connectivity index (χ4n) is 2.48. The molecule has 0 unspecified atom stereocenters. The number of rotatable bonds is 8. The van der Waals surface area contributed by atoms with Crippen molar-refractivity contribution < 1.29 is 9.47 Å². The maximum atomic E-state index is 5.89. The Bertz CT molecular complexity index is 881. The van der Waals surface area contributed by atoms with Crippen molar-refractivity contribution >= 4 is 22.1 Å². The number of methoxy groups -OCH3 is 1. The SMILES string of the molecule is COc1cc(C=NNCc2ccccc2)ccc1OCc1ccc(Br)cc1. The smallest absolute Gasteiger partial charge is 0.161 e. The third-order valence-electron chi connectivity index (χ3n) is 3.93. The van der Waals surface area contributed by atoms with Gasteiger partial charge in [-0.15, -0.1) is 0 Å². The molecule has 0 spiro atoms. The Morgan fingerprint density at radius 2 is 1.70 bits per heavy atom. The van der Waals surface area contributed by atoms with Crippen LogP contribution in [-0.2, 0) is 13.2 Å². The van der Waals surface area contributed by atoms with E-state index >= 15 is 0 Å². The fraction of sp³-hybridized carbons (Fsp3) is 0.136. The Morgan fingerprint density at radius 1 is 0.926 bits per heavy atom. The van der Waals surface area contributed by atoms with E-state index in [2.05, 4.69) is 38.6 Å². The highest BCUT2D eigenvalue weighted by atomic mass is 79.9. The van der Waals surface area contributed by atoms with Crippen molar-refractivity contribution in [3.63, 3.8) is 0 Å². The van der Waals surface area contributed by atoms with Crippen LogP contribution < -0.4 is 14.9 Å². The summed E-state index contributed by atoms with van der Waals surface area (Å²) in [6, 6.07) is 23.9. The van der Waals surface area contributed by atoms with Gasteiger partial charge in [-0.3, -0.25) is 0 Å². The lowest BCUT2D eigenvalue weighted by atomic mass is 10.2. The molecule has 0 aliphatic carbocycles. The molecule has 0 fully saturated rings. The third-order valence-corrected chi connectivity index (χ3v) is 4.45. The van der Waals surface area contributed by atoms with Gasteiger partial charge in [0.05, 0.1) is 19.9 Å². The van der Waals surface area contributed by atoms with Crippen molar-refractivity contribution in [3.05, 3.63) is 94.0 Å². The van der Waals surface area contributed by atoms with Crippen LogP contribution in [-0.4, -0.2) is 13.3 Å². The van der Waals surface area contributed by atoms with Gasteiger partial charge in [0.25, 0.3) is 0 Å². The van der Waals surface area contributed by atoms with E-state index in [9.17, 15) is 0 Å².